The van der Waals surface area contributed by atoms with E-state index in [1.807, 2.05) is 48.5 Å². The molecule has 0 saturated heterocycles. The molecule has 8 rings (SSSR count). The fourth-order valence-electron chi connectivity index (χ4n) is 5.57. The molecule has 0 aliphatic carbocycles. The lowest BCUT2D eigenvalue weighted by atomic mass is 9.95. The Labute approximate surface area is 250 Å². The first-order valence-corrected chi connectivity index (χ1v) is 13.8. The summed E-state index contributed by atoms with van der Waals surface area (Å²) in [4.78, 5) is 17.4. The third kappa shape index (κ3) is 4.51. The second-order valence-electron chi connectivity index (χ2n) is 10.1. The van der Waals surface area contributed by atoms with Crippen LogP contribution in [0.1, 0.15) is 0 Å². The van der Waals surface area contributed by atoms with E-state index in [4.69, 9.17) is 0 Å². The van der Waals surface area contributed by atoms with Gasteiger partial charge in [0.2, 0.25) is 0 Å². The molecule has 8 nitrogen and oxygen atoms in total. The summed E-state index contributed by atoms with van der Waals surface area (Å²) in [5.41, 5.74) is 4.93. The smallest absolute Gasteiger partial charge is 0.125 e. The Morgan fingerprint density at radius 3 is 1.16 bits per heavy atom. The van der Waals surface area contributed by atoms with Crippen LogP contribution in [0, 0.1) is 0 Å². The molecule has 44 heavy (non-hydrogen) atoms. The van der Waals surface area contributed by atoms with E-state index in [0.717, 1.165) is 32.6 Å². The van der Waals surface area contributed by atoms with Gasteiger partial charge in [-0.15, -0.1) is 0 Å². The maximum absolute atomic E-state index is 10.4. The predicted molar refractivity (Wildman–Crippen MR) is 172 cm³/mol. The van der Waals surface area contributed by atoms with Crippen LogP contribution in [0.4, 0.5) is 0 Å². The Balaban J connectivity index is 0.000000142. The zero-order chi connectivity index (χ0) is 30.2. The standard InChI is InChI=1S/2C18H12N2O2/c21-15-7-5-13-11(3-1-9-19-13)17(15)18-12-4-2-10-20-14(12)6-8-16(18)22;21-13-7-5-11-3-1-9-19-17(11)15(13)16-14(22)8-6-12-4-2-10-20-18(12)16/h2*1-10,21-22H. The minimum Gasteiger partial charge on any atom is -0.507 e. The van der Waals surface area contributed by atoms with Gasteiger partial charge in [0.05, 0.1) is 33.2 Å². The van der Waals surface area contributed by atoms with Crippen LogP contribution >= 0.6 is 0 Å². The molecule has 8 aromatic rings. The monoisotopic (exact) mass is 576 g/mol. The molecule has 0 saturated carbocycles. The van der Waals surface area contributed by atoms with Crippen LogP contribution in [0.2, 0.25) is 0 Å². The Morgan fingerprint density at radius 1 is 0.341 bits per heavy atom. The van der Waals surface area contributed by atoms with Crippen LogP contribution < -0.4 is 0 Å². The summed E-state index contributed by atoms with van der Waals surface area (Å²) in [7, 11) is 0. The zero-order valence-electron chi connectivity index (χ0n) is 23.1. The maximum Gasteiger partial charge on any atom is 0.125 e. The molecule has 4 aromatic heterocycles. The number of benzene rings is 4. The van der Waals surface area contributed by atoms with E-state index in [1.165, 1.54) is 0 Å². The molecule has 212 valence electrons. The van der Waals surface area contributed by atoms with E-state index in [-0.39, 0.29) is 23.0 Å². The molecule has 0 fully saturated rings. The molecular weight excluding hydrogens is 552 g/mol. The summed E-state index contributed by atoms with van der Waals surface area (Å²) in [6.07, 6.45) is 6.74. The summed E-state index contributed by atoms with van der Waals surface area (Å²) in [5.74, 6) is 0.346. The predicted octanol–water partition coefficient (Wildman–Crippen LogP) is 7.72. The number of nitrogens with zero attached hydrogens (tertiary/aromatic N) is 4. The number of hydrogen-bond donors (Lipinski definition) is 4. The Morgan fingerprint density at radius 2 is 0.705 bits per heavy atom. The van der Waals surface area contributed by atoms with Gasteiger partial charge in [-0.25, -0.2) is 0 Å². The van der Waals surface area contributed by atoms with E-state index >= 15 is 0 Å². The van der Waals surface area contributed by atoms with Crippen molar-refractivity contribution in [2.75, 3.05) is 0 Å². The molecule has 0 amide bonds. The lowest BCUT2D eigenvalue weighted by molar-refractivity contribution is 0.470. The van der Waals surface area contributed by atoms with E-state index in [9.17, 15) is 20.4 Å². The second kappa shape index (κ2) is 10.8. The number of rotatable bonds is 2. The first-order valence-electron chi connectivity index (χ1n) is 13.8. The summed E-state index contributed by atoms with van der Waals surface area (Å²) in [5, 5.41) is 44.9. The molecule has 4 N–H and O–H groups in total. The third-order valence-electron chi connectivity index (χ3n) is 7.53. The average molecular weight is 577 g/mol. The number of aromatic nitrogens is 4. The quantitative estimate of drug-likeness (QED) is 0.164. The minimum atomic E-state index is 0.0691. The van der Waals surface area contributed by atoms with Crippen molar-refractivity contribution < 1.29 is 20.4 Å². The fourth-order valence-corrected chi connectivity index (χ4v) is 5.57. The van der Waals surface area contributed by atoms with Gasteiger partial charge in [0, 0.05) is 57.5 Å². The van der Waals surface area contributed by atoms with Crippen molar-refractivity contribution in [3.8, 4) is 45.3 Å². The molecule has 0 aliphatic heterocycles. The third-order valence-corrected chi connectivity index (χ3v) is 7.53. The number of phenolic OH excluding ortho intramolecular Hbond substituents is 4. The van der Waals surface area contributed by atoms with Gasteiger partial charge in [-0.2, -0.15) is 0 Å². The molecule has 0 spiro atoms. The van der Waals surface area contributed by atoms with Gasteiger partial charge >= 0.3 is 0 Å². The number of fused-ring (bicyclic) bond motifs is 4. The van der Waals surface area contributed by atoms with Crippen molar-refractivity contribution in [2.45, 2.75) is 0 Å². The van der Waals surface area contributed by atoms with Crippen molar-refractivity contribution in [3.63, 3.8) is 0 Å². The summed E-state index contributed by atoms with van der Waals surface area (Å²) in [6, 6.07) is 28.4. The van der Waals surface area contributed by atoms with E-state index in [0.29, 0.717) is 33.3 Å². The maximum atomic E-state index is 10.4. The molecule has 0 radical (unpaired) electrons. The van der Waals surface area contributed by atoms with Crippen LogP contribution in [-0.4, -0.2) is 40.4 Å². The molecule has 0 atom stereocenters. The van der Waals surface area contributed by atoms with Gasteiger partial charge in [0.1, 0.15) is 23.0 Å². The van der Waals surface area contributed by atoms with Crippen LogP contribution in [0.3, 0.4) is 0 Å². The molecular formula is C36H24N4O4. The van der Waals surface area contributed by atoms with Gasteiger partial charge in [-0.05, 0) is 72.8 Å². The van der Waals surface area contributed by atoms with Crippen molar-refractivity contribution in [3.05, 3.63) is 122 Å². The normalized spacial score (nSPS) is 11.1. The van der Waals surface area contributed by atoms with Crippen molar-refractivity contribution >= 4 is 43.6 Å². The van der Waals surface area contributed by atoms with Crippen LogP contribution in [0.15, 0.2) is 122 Å². The van der Waals surface area contributed by atoms with Crippen molar-refractivity contribution in [1.82, 2.24) is 19.9 Å². The summed E-state index contributed by atoms with van der Waals surface area (Å²) >= 11 is 0. The zero-order valence-corrected chi connectivity index (χ0v) is 23.1. The highest BCUT2D eigenvalue weighted by Crippen LogP contribution is 2.44. The van der Waals surface area contributed by atoms with Gasteiger partial charge in [0.25, 0.3) is 0 Å². The summed E-state index contributed by atoms with van der Waals surface area (Å²) in [6.45, 7) is 0. The number of phenols is 4. The van der Waals surface area contributed by atoms with Gasteiger partial charge in [-0.3, -0.25) is 19.9 Å². The van der Waals surface area contributed by atoms with Crippen molar-refractivity contribution in [2.24, 2.45) is 0 Å². The van der Waals surface area contributed by atoms with Gasteiger partial charge in [0.15, 0.2) is 0 Å². The highest BCUT2D eigenvalue weighted by Gasteiger charge is 2.19. The molecule has 0 unspecified atom stereocenters. The number of hydrogen-bond acceptors (Lipinski definition) is 8. The second-order valence-corrected chi connectivity index (χ2v) is 10.1. The van der Waals surface area contributed by atoms with E-state index < -0.39 is 0 Å². The molecule has 0 aliphatic rings. The molecule has 0 bridgehead atoms. The molecule has 4 heterocycles. The largest absolute Gasteiger partial charge is 0.507 e. The SMILES string of the molecule is Oc1ccc2cccnc2c1-c1c(O)ccc2cccnc12.Oc1ccc2ncccc2c1-c1c(O)ccc2ncccc12. The Bertz CT molecular complexity index is 2020. The van der Waals surface area contributed by atoms with E-state index in [1.54, 1.807) is 73.3 Å². The Hall–Kier alpha value is -6.28. The lowest BCUT2D eigenvalue weighted by Gasteiger charge is -2.13. The number of pyridine rings is 4. The molecule has 4 aromatic carbocycles. The highest BCUT2D eigenvalue weighted by atomic mass is 16.3. The Kier molecular flexibility index (Phi) is 6.56. The first-order chi connectivity index (χ1) is 21.5. The molecule has 8 heteroatoms. The van der Waals surface area contributed by atoms with Crippen LogP contribution in [0.25, 0.3) is 65.9 Å². The minimum absolute atomic E-state index is 0.0691. The average Bonchev–Trinajstić information content (AvgIpc) is 3.06. The number of aromatic hydroxyl groups is 4. The van der Waals surface area contributed by atoms with Gasteiger partial charge in [-0.1, -0.05) is 24.3 Å². The summed E-state index contributed by atoms with van der Waals surface area (Å²) < 4.78 is 0. The topological polar surface area (TPSA) is 132 Å². The van der Waals surface area contributed by atoms with Crippen molar-refractivity contribution in [1.29, 1.82) is 0 Å². The van der Waals surface area contributed by atoms with E-state index in [2.05, 4.69) is 19.9 Å². The lowest BCUT2D eigenvalue weighted by Crippen LogP contribution is -1.90. The van der Waals surface area contributed by atoms with Crippen LogP contribution in [0.5, 0.6) is 23.0 Å². The first kappa shape index (κ1) is 26.6. The van der Waals surface area contributed by atoms with Gasteiger partial charge < -0.3 is 20.4 Å². The highest BCUT2D eigenvalue weighted by molar-refractivity contribution is 6.08. The van der Waals surface area contributed by atoms with Crippen LogP contribution in [-0.2, 0) is 0 Å². The fraction of sp³-hybridized carbons (Fsp3) is 0.